The van der Waals surface area contributed by atoms with Crippen LogP contribution >= 0.6 is 0 Å². The van der Waals surface area contributed by atoms with Gasteiger partial charge < -0.3 is 9.84 Å². The Morgan fingerprint density at radius 2 is 1.47 bits per heavy atom. The zero-order valence-corrected chi connectivity index (χ0v) is 16.8. The SMILES string of the molecule is COC(=O)c1ccc(-c2nc(-c3ccccc3)nc(-c3cc([N+](=O)[O-])ccc3O)n2)cc1. The van der Waals surface area contributed by atoms with Crippen LogP contribution in [-0.4, -0.2) is 38.1 Å². The van der Waals surface area contributed by atoms with Gasteiger partial charge in [-0.2, -0.15) is 0 Å². The fourth-order valence-electron chi connectivity index (χ4n) is 3.03. The summed E-state index contributed by atoms with van der Waals surface area (Å²) in [4.78, 5) is 35.8. The average molecular weight is 428 g/mol. The monoisotopic (exact) mass is 428 g/mol. The topological polar surface area (TPSA) is 128 Å². The molecule has 0 fully saturated rings. The number of methoxy groups -OCH3 is 1. The summed E-state index contributed by atoms with van der Waals surface area (Å²) in [6, 6.07) is 19.3. The minimum atomic E-state index is -0.561. The van der Waals surface area contributed by atoms with Crippen LogP contribution in [0.2, 0.25) is 0 Å². The average Bonchev–Trinajstić information content (AvgIpc) is 2.84. The van der Waals surface area contributed by atoms with Gasteiger partial charge in [0.2, 0.25) is 0 Å². The number of carbonyl (C=O) groups is 1. The van der Waals surface area contributed by atoms with Gasteiger partial charge in [-0.05, 0) is 18.2 Å². The Morgan fingerprint density at radius 1 is 0.875 bits per heavy atom. The number of aromatic nitrogens is 3. The molecule has 3 aromatic carbocycles. The molecule has 0 amide bonds. The molecule has 1 aromatic heterocycles. The van der Waals surface area contributed by atoms with E-state index in [2.05, 4.69) is 15.0 Å². The number of phenolic OH excluding ortho intramolecular Hbond substituents is 1. The standard InChI is InChI=1S/C23H16N4O5/c1-32-23(29)16-9-7-15(8-10-16)21-24-20(14-5-3-2-4-6-14)25-22(26-21)18-13-17(27(30)31)11-12-19(18)28/h2-13,28H,1H3. The van der Waals surface area contributed by atoms with Gasteiger partial charge in [-0.1, -0.05) is 42.5 Å². The van der Waals surface area contributed by atoms with Crippen molar-refractivity contribution in [3.8, 4) is 39.9 Å². The molecule has 0 spiro atoms. The predicted molar refractivity (Wildman–Crippen MR) is 116 cm³/mol. The number of benzene rings is 3. The molecule has 0 unspecified atom stereocenters. The lowest BCUT2D eigenvalue weighted by atomic mass is 10.1. The van der Waals surface area contributed by atoms with E-state index in [9.17, 15) is 20.0 Å². The third kappa shape index (κ3) is 4.12. The van der Waals surface area contributed by atoms with E-state index in [1.807, 2.05) is 30.3 Å². The largest absolute Gasteiger partial charge is 0.507 e. The van der Waals surface area contributed by atoms with Crippen molar-refractivity contribution in [3.05, 3.63) is 88.5 Å². The Labute approximate surface area is 182 Å². The summed E-state index contributed by atoms with van der Waals surface area (Å²) in [7, 11) is 1.30. The molecule has 0 bridgehead atoms. The third-order valence-electron chi connectivity index (χ3n) is 4.66. The van der Waals surface area contributed by atoms with Gasteiger partial charge >= 0.3 is 5.97 Å². The number of nitrogens with zero attached hydrogens (tertiary/aromatic N) is 4. The van der Waals surface area contributed by atoms with Crippen LogP contribution in [0.3, 0.4) is 0 Å². The Morgan fingerprint density at radius 3 is 2.06 bits per heavy atom. The lowest BCUT2D eigenvalue weighted by Gasteiger charge is -2.09. The molecule has 0 saturated heterocycles. The van der Waals surface area contributed by atoms with Crippen molar-refractivity contribution in [3.63, 3.8) is 0 Å². The van der Waals surface area contributed by atoms with Crippen LogP contribution in [0.25, 0.3) is 34.2 Å². The molecule has 0 atom stereocenters. The second kappa shape index (κ2) is 8.60. The van der Waals surface area contributed by atoms with Crippen LogP contribution in [0.1, 0.15) is 10.4 Å². The maximum absolute atomic E-state index is 11.7. The number of ether oxygens (including phenoxy) is 1. The molecule has 0 radical (unpaired) electrons. The van der Waals surface area contributed by atoms with Crippen molar-refractivity contribution in [1.29, 1.82) is 0 Å². The summed E-state index contributed by atoms with van der Waals surface area (Å²) in [5.74, 6) is 0.00371. The molecule has 1 heterocycles. The number of hydrogen-bond acceptors (Lipinski definition) is 8. The van der Waals surface area contributed by atoms with Gasteiger partial charge in [0, 0.05) is 23.3 Å². The van der Waals surface area contributed by atoms with Gasteiger partial charge in [0.25, 0.3) is 5.69 Å². The number of carbonyl (C=O) groups excluding carboxylic acids is 1. The second-order valence-corrected chi connectivity index (χ2v) is 6.70. The van der Waals surface area contributed by atoms with E-state index in [1.54, 1.807) is 24.3 Å². The van der Waals surface area contributed by atoms with Gasteiger partial charge in [-0.3, -0.25) is 10.1 Å². The molecule has 9 heteroatoms. The fourth-order valence-corrected chi connectivity index (χ4v) is 3.03. The smallest absolute Gasteiger partial charge is 0.337 e. The molecule has 4 rings (SSSR count). The number of phenols is 1. The molecule has 1 N–H and O–H groups in total. The number of rotatable bonds is 5. The highest BCUT2D eigenvalue weighted by Gasteiger charge is 2.18. The Kier molecular flexibility index (Phi) is 5.54. The summed E-state index contributed by atoms with van der Waals surface area (Å²) in [5.41, 5.74) is 1.55. The van der Waals surface area contributed by atoms with Crippen LogP contribution in [0.4, 0.5) is 5.69 Å². The normalized spacial score (nSPS) is 10.5. The molecular weight excluding hydrogens is 412 g/mol. The maximum atomic E-state index is 11.7. The molecule has 0 aliphatic carbocycles. The van der Waals surface area contributed by atoms with Crippen molar-refractivity contribution in [2.24, 2.45) is 0 Å². The highest BCUT2D eigenvalue weighted by Crippen LogP contribution is 2.32. The molecule has 9 nitrogen and oxygen atoms in total. The zero-order valence-electron chi connectivity index (χ0n) is 16.8. The Hall–Kier alpha value is -4.66. The van der Waals surface area contributed by atoms with Crippen molar-refractivity contribution >= 4 is 11.7 Å². The molecule has 158 valence electrons. The summed E-state index contributed by atoms with van der Waals surface area (Å²) >= 11 is 0. The van der Waals surface area contributed by atoms with Crippen LogP contribution in [-0.2, 0) is 4.74 Å². The van der Waals surface area contributed by atoms with Crippen molar-refractivity contribution in [2.75, 3.05) is 7.11 Å². The number of hydrogen-bond donors (Lipinski definition) is 1. The first-order valence-corrected chi connectivity index (χ1v) is 9.44. The predicted octanol–water partition coefficient (Wildman–Crippen LogP) is 4.27. The summed E-state index contributed by atoms with van der Waals surface area (Å²) in [5, 5.41) is 21.6. The van der Waals surface area contributed by atoms with E-state index in [1.165, 1.54) is 25.3 Å². The number of nitro benzene ring substituents is 1. The molecule has 0 saturated carbocycles. The first kappa shape index (κ1) is 20.6. The number of nitro groups is 1. The molecular formula is C23H16N4O5. The van der Waals surface area contributed by atoms with Gasteiger partial charge in [0.15, 0.2) is 17.5 Å². The van der Waals surface area contributed by atoms with Crippen LogP contribution in [0, 0.1) is 10.1 Å². The maximum Gasteiger partial charge on any atom is 0.337 e. The lowest BCUT2D eigenvalue weighted by Crippen LogP contribution is -2.02. The minimum absolute atomic E-state index is 0.0760. The fraction of sp³-hybridized carbons (Fsp3) is 0.0435. The van der Waals surface area contributed by atoms with E-state index in [0.29, 0.717) is 22.5 Å². The van der Waals surface area contributed by atoms with Gasteiger partial charge in [-0.25, -0.2) is 19.7 Å². The molecule has 32 heavy (non-hydrogen) atoms. The highest BCUT2D eigenvalue weighted by atomic mass is 16.6. The second-order valence-electron chi connectivity index (χ2n) is 6.70. The molecule has 0 aliphatic rings. The first-order valence-electron chi connectivity index (χ1n) is 9.44. The number of aromatic hydroxyl groups is 1. The zero-order chi connectivity index (χ0) is 22.7. The highest BCUT2D eigenvalue weighted by molar-refractivity contribution is 5.89. The van der Waals surface area contributed by atoms with E-state index in [0.717, 1.165) is 0 Å². The van der Waals surface area contributed by atoms with Gasteiger partial charge in [0.1, 0.15) is 5.75 Å². The van der Waals surface area contributed by atoms with E-state index in [-0.39, 0.29) is 28.6 Å². The molecule has 0 aliphatic heterocycles. The lowest BCUT2D eigenvalue weighted by molar-refractivity contribution is -0.384. The molecule has 4 aromatic rings. The van der Waals surface area contributed by atoms with E-state index in [4.69, 9.17) is 4.74 Å². The first-order chi connectivity index (χ1) is 15.5. The summed E-state index contributed by atoms with van der Waals surface area (Å²) < 4.78 is 4.72. The van der Waals surface area contributed by atoms with Crippen molar-refractivity contribution in [2.45, 2.75) is 0 Å². The Balaban J connectivity index is 1.89. The third-order valence-corrected chi connectivity index (χ3v) is 4.66. The number of non-ortho nitro benzene ring substituents is 1. The van der Waals surface area contributed by atoms with Gasteiger partial charge in [0.05, 0.1) is 23.2 Å². The van der Waals surface area contributed by atoms with Crippen LogP contribution in [0.15, 0.2) is 72.8 Å². The Bertz CT molecular complexity index is 1310. The van der Waals surface area contributed by atoms with Crippen molar-refractivity contribution < 1.29 is 19.6 Å². The minimum Gasteiger partial charge on any atom is -0.507 e. The summed E-state index contributed by atoms with van der Waals surface area (Å²) in [6.45, 7) is 0. The number of esters is 1. The van der Waals surface area contributed by atoms with Crippen molar-refractivity contribution in [1.82, 2.24) is 15.0 Å². The van der Waals surface area contributed by atoms with Gasteiger partial charge in [-0.15, -0.1) is 0 Å². The van der Waals surface area contributed by atoms with E-state index >= 15 is 0 Å². The van der Waals surface area contributed by atoms with Crippen LogP contribution in [0.5, 0.6) is 5.75 Å². The summed E-state index contributed by atoms with van der Waals surface area (Å²) in [6.07, 6.45) is 0. The van der Waals surface area contributed by atoms with Crippen LogP contribution < -0.4 is 0 Å². The van der Waals surface area contributed by atoms with E-state index < -0.39 is 10.9 Å². The quantitative estimate of drug-likeness (QED) is 0.283.